The predicted octanol–water partition coefficient (Wildman–Crippen LogP) is 16.5. The Labute approximate surface area is 404 Å². The van der Waals surface area contributed by atoms with Gasteiger partial charge in [-0.3, -0.25) is 0 Å². The molecule has 1 aliphatic heterocycles. The highest BCUT2D eigenvalue weighted by Crippen LogP contribution is 2.65. The van der Waals surface area contributed by atoms with E-state index in [9.17, 15) is 0 Å². The Balaban J connectivity index is 0.860. The van der Waals surface area contributed by atoms with E-state index in [-0.39, 0.29) is 0 Å². The van der Waals surface area contributed by atoms with Crippen molar-refractivity contribution >= 4 is 21.8 Å². The monoisotopic (exact) mass is 893 g/mol. The summed E-state index contributed by atoms with van der Waals surface area (Å²) in [7, 11) is 0. The number of benzene rings is 10. The highest BCUT2D eigenvalue weighted by molar-refractivity contribution is 6.10. The molecule has 1 spiro atoms. The molecule has 0 saturated carbocycles. The fourth-order valence-electron chi connectivity index (χ4n) is 11.6. The minimum atomic E-state index is -0.563. The summed E-state index contributed by atoms with van der Waals surface area (Å²) < 4.78 is 15.5. The first-order chi connectivity index (χ1) is 34.7. The smallest absolute Gasteiger partial charge is 0.170 e. The van der Waals surface area contributed by atoms with Crippen LogP contribution in [0.3, 0.4) is 0 Å². The van der Waals surface area contributed by atoms with Crippen LogP contribution in [0.1, 0.15) is 22.3 Å². The van der Waals surface area contributed by atoms with E-state index in [0.717, 1.165) is 84.5 Å². The molecule has 5 heteroatoms. The molecule has 0 atom stereocenters. The topological polar surface area (TPSA) is 49.2 Å². The minimum Gasteiger partial charge on any atom is -0.450 e. The summed E-state index contributed by atoms with van der Waals surface area (Å²) in [4.78, 5) is 10.2. The van der Waals surface area contributed by atoms with Crippen molar-refractivity contribution in [2.75, 3.05) is 0 Å². The summed E-state index contributed by atoms with van der Waals surface area (Å²) in [6.45, 7) is 0. The van der Waals surface area contributed by atoms with Gasteiger partial charge < -0.3 is 14.0 Å². The lowest BCUT2D eigenvalue weighted by molar-refractivity contribution is 0.359. The SMILES string of the molecule is c1ccc(-c2cc(-c3ccccc3)nc(-c3ccc(-n4c5ccccc5c5cc(-c6ccc7c(c6)C6(c8ccccc8-c8ccccc86)c6cc8c(cc6-7)Oc6ccccc6O8)ccc54)cc3)n2)cc1. The van der Waals surface area contributed by atoms with Crippen molar-refractivity contribution in [3.8, 4) is 96.0 Å². The van der Waals surface area contributed by atoms with Crippen molar-refractivity contribution < 1.29 is 9.47 Å². The molecule has 0 radical (unpaired) electrons. The van der Waals surface area contributed by atoms with Gasteiger partial charge in [-0.1, -0.05) is 158 Å². The lowest BCUT2D eigenvalue weighted by atomic mass is 9.70. The summed E-state index contributed by atoms with van der Waals surface area (Å²) in [5.74, 6) is 3.59. The van der Waals surface area contributed by atoms with Gasteiger partial charge in [-0.25, -0.2) is 9.97 Å². The zero-order valence-corrected chi connectivity index (χ0v) is 37.7. The van der Waals surface area contributed by atoms with Crippen molar-refractivity contribution in [2.24, 2.45) is 0 Å². The van der Waals surface area contributed by atoms with Crippen LogP contribution in [0, 0.1) is 0 Å². The molecule has 15 rings (SSSR count). The molecule has 3 aliphatic rings. The summed E-state index contributed by atoms with van der Waals surface area (Å²) in [6.07, 6.45) is 0. The number of hydrogen-bond acceptors (Lipinski definition) is 4. The molecule has 0 bridgehead atoms. The van der Waals surface area contributed by atoms with Crippen LogP contribution in [0.15, 0.2) is 237 Å². The van der Waals surface area contributed by atoms with E-state index >= 15 is 0 Å². The summed E-state index contributed by atoms with van der Waals surface area (Å²) >= 11 is 0. The third-order valence-corrected chi connectivity index (χ3v) is 14.7. The summed E-state index contributed by atoms with van der Waals surface area (Å²) in [5, 5.41) is 2.39. The molecule has 326 valence electrons. The third kappa shape index (κ3) is 5.60. The van der Waals surface area contributed by atoms with Gasteiger partial charge in [0.1, 0.15) is 0 Å². The Bertz CT molecular complexity index is 4020. The average molecular weight is 894 g/mol. The second-order valence-corrected chi connectivity index (χ2v) is 18.4. The van der Waals surface area contributed by atoms with Crippen LogP contribution in [0.2, 0.25) is 0 Å². The quantitative estimate of drug-likeness (QED) is 0.173. The van der Waals surface area contributed by atoms with Crippen molar-refractivity contribution in [1.82, 2.24) is 14.5 Å². The highest BCUT2D eigenvalue weighted by atomic mass is 16.6. The molecule has 3 heterocycles. The summed E-state index contributed by atoms with van der Waals surface area (Å²) in [6, 6.07) is 84.3. The van der Waals surface area contributed by atoms with E-state index in [1.165, 1.54) is 49.7 Å². The number of nitrogens with zero attached hydrogens (tertiary/aromatic N) is 3. The largest absolute Gasteiger partial charge is 0.450 e. The lowest BCUT2D eigenvalue weighted by Crippen LogP contribution is -2.26. The van der Waals surface area contributed by atoms with Crippen molar-refractivity contribution in [3.63, 3.8) is 0 Å². The molecule has 0 N–H and O–H groups in total. The fraction of sp³-hybridized carbons (Fsp3) is 0.0154. The van der Waals surface area contributed by atoms with Gasteiger partial charge in [0.2, 0.25) is 0 Å². The third-order valence-electron chi connectivity index (χ3n) is 14.7. The first-order valence-corrected chi connectivity index (χ1v) is 23.8. The van der Waals surface area contributed by atoms with Gasteiger partial charge in [-0.2, -0.15) is 0 Å². The Hall–Kier alpha value is -9.32. The molecule has 0 amide bonds. The van der Waals surface area contributed by atoms with E-state index in [2.05, 4.69) is 205 Å². The van der Waals surface area contributed by atoms with Crippen LogP contribution < -0.4 is 9.47 Å². The van der Waals surface area contributed by atoms with Gasteiger partial charge in [0.05, 0.1) is 27.8 Å². The van der Waals surface area contributed by atoms with Crippen LogP contribution >= 0.6 is 0 Å². The maximum Gasteiger partial charge on any atom is 0.170 e. The van der Waals surface area contributed by atoms with E-state index in [1.54, 1.807) is 0 Å². The Morgan fingerprint density at radius 2 is 0.829 bits per heavy atom. The van der Waals surface area contributed by atoms with Crippen LogP contribution in [0.5, 0.6) is 23.0 Å². The van der Waals surface area contributed by atoms with Crippen molar-refractivity contribution in [3.05, 3.63) is 259 Å². The molecule has 0 unspecified atom stereocenters. The maximum atomic E-state index is 6.62. The van der Waals surface area contributed by atoms with Gasteiger partial charge in [0, 0.05) is 33.2 Å². The minimum absolute atomic E-state index is 0.563. The number of aromatic nitrogens is 3. The molecule has 5 nitrogen and oxygen atoms in total. The highest BCUT2D eigenvalue weighted by Gasteiger charge is 2.52. The van der Waals surface area contributed by atoms with Crippen molar-refractivity contribution in [1.29, 1.82) is 0 Å². The molecular weight excluding hydrogens is 855 g/mol. The number of fused-ring (bicyclic) bond motifs is 15. The van der Waals surface area contributed by atoms with Gasteiger partial charge in [0.25, 0.3) is 0 Å². The second kappa shape index (κ2) is 14.8. The standard InChI is InChI=1S/C65H39N3O2/c1-3-15-40(16-4-1)56-39-57(41-17-5-2-6-18-41)67-64(66-56)42-27-31-45(32-28-42)68-58-24-12-9-21-49(58)51-35-43(30-34-59(51)68)44-29-33-48-50-37-62-63(70-61-26-14-13-25-60(61)69-62)38-55(50)65(54(48)36-44)52-22-10-7-19-46(52)47-20-8-11-23-53(47)65/h1-39H. The first-order valence-electron chi connectivity index (χ1n) is 23.8. The lowest BCUT2D eigenvalue weighted by Gasteiger charge is -2.31. The van der Waals surface area contributed by atoms with E-state index < -0.39 is 5.41 Å². The molecule has 0 saturated heterocycles. The fourth-order valence-corrected chi connectivity index (χ4v) is 11.6. The molecule has 0 fully saturated rings. The van der Waals surface area contributed by atoms with Gasteiger partial charge in [-0.05, 0) is 134 Å². The average Bonchev–Trinajstić information content (AvgIpc) is 4.03. The Kier molecular flexibility index (Phi) is 8.21. The van der Waals surface area contributed by atoms with Crippen LogP contribution in [0.25, 0.3) is 94.8 Å². The molecule has 10 aromatic carbocycles. The molecule has 2 aliphatic carbocycles. The Morgan fingerprint density at radius 1 is 0.314 bits per heavy atom. The van der Waals surface area contributed by atoms with Gasteiger partial charge in [0.15, 0.2) is 28.8 Å². The zero-order chi connectivity index (χ0) is 45.9. The van der Waals surface area contributed by atoms with Crippen LogP contribution in [-0.4, -0.2) is 14.5 Å². The van der Waals surface area contributed by atoms with E-state index in [4.69, 9.17) is 19.4 Å². The first kappa shape index (κ1) is 38.8. The number of para-hydroxylation sites is 3. The van der Waals surface area contributed by atoms with E-state index in [0.29, 0.717) is 5.82 Å². The molecule has 70 heavy (non-hydrogen) atoms. The predicted molar refractivity (Wildman–Crippen MR) is 281 cm³/mol. The second-order valence-electron chi connectivity index (χ2n) is 18.4. The maximum absolute atomic E-state index is 6.62. The molecule has 12 aromatic rings. The van der Waals surface area contributed by atoms with Gasteiger partial charge >= 0.3 is 0 Å². The Morgan fingerprint density at radius 3 is 1.51 bits per heavy atom. The van der Waals surface area contributed by atoms with E-state index in [1.807, 2.05) is 36.4 Å². The van der Waals surface area contributed by atoms with Gasteiger partial charge in [-0.15, -0.1) is 0 Å². The number of hydrogen-bond donors (Lipinski definition) is 0. The summed E-state index contributed by atoms with van der Waals surface area (Å²) in [5.41, 5.74) is 19.9. The molecule has 2 aromatic heterocycles. The zero-order valence-electron chi connectivity index (χ0n) is 37.7. The van der Waals surface area contributed by atoms with Crippen molar-refractivity contribution in [2.45, 2.75) is 5.41 Å². The van der Waals surface area contributed by atoms with Crippen LogP contribution in [-0.2, 0) is 5.41 Å². The van der Waals surface area contributed by atoms with Crippen LogP contribution in [0.4, 0.5) is 0 Å². The number of ether oxygens (including phenoxy) is 2. The number of rotatable bonds is 5. The normalized spacial score (nSPS) is 13.2. The molecular formula is C65H39N3O2.